The predicted octanol–water partition coefficient (Wildman–Crippen LogP) is 3.45. The smallest absolute Gasteiger partial charge is 0.181 e. The van der Waals surface area contributed by atoms with Crippen LogP contribution in [0, 0.1) is 6.92 Å². The third-order valence-corrected chi connectivity index (χ3v) is 5.61. The molecule has 0 aliphatic carbocycles. The molecule has 4 rings (SSSR count). The maximum atomic E-state index is 12.4. The zero-order chi connectivity index (χ0) is 18.1. The molecule has 4 aromatic rings. The first-order valence-corrected chi connectivity index (χ1v) is 9.62. The van der Waals surface area contributed by atoms with Crippen LogP contribution in [0.2, 0.25) is 0 Å². The second-order valence-corrected chi connectivity index (χ2v) is 8.09. The molecule has 130 valence electrons. The lowest BCUT2D eigenvalue weighted by Gasteiger charge is -1.99. The summed E-state index contributed by atoms with van der Waals surface area (Å²) in [6.07, 6.45) is 2.42. The van der Waals surface area contributed by atoms with Crippen molar-refractivity contribution in [3.8, 4) is 10.7 Å². The Kier molecular flexibility index (Phi) is 4.44. The number of carbonyl (C=O) groups is 1. The SMILES string of the molecule is Cc1ccc(-c2nnc(CC(=O)Cc3ccc4nc(N)sc4c3)s2)nc1. The highest BCUT2D eigenvalue weighted by molar-refractivity contribution is 7.22. The Morgan fingerprint density at radius 3 is 2.81 bits per heavy atom. The summed E-state index contributed by atoms with van der Waals surface area (Å²) in [6.45, 7) is 1.99. The molecule has 0 amide bonds. The number of aryl methyl sites for hydroxylation is 1. The fourth-order valence-electron chi connectivity index (χ4n) is 2.58. The highest BCUT2D eigenvalue weighted by Gasteiger charge is 2.13. The fourth-order valence-corrected chi connectivity index (χ4v) is 4.22. The van der Waals surface area contributed by atoms with Gasteiger partial charge in [-0.1, -0.05) is 34.8 Å². The van der Waals surface area contributed by atoms with Gasteiger partial charge in [0.1, 0.15) is 16.5 Å². The second kappa shape index (κ2) is 6.89. The van der Waals surface area contributed by atoms with Gasteiger partial charge in [0.25, 0.3) is 0 Å². The summed E-state index contributed by atoms with van der Waals surface area (Å²) in [5.74, 6) is 0.0985. The monoisotopic (exact) mass is 381 g/mol. The number of pyridine rings is 1. The molecule has 0 spiro atoms. The second-order valence-electron chi connectivity index (χ2n) is 5.97. The molecule has 0 atom stereocenters. The Labute approximate surface area is 157 Å². The number of anilines is 1. The lowest BCUT2D eigenvalue weighted by atomic mass is 10.1. The first kappa shape index (κ1) is 16.7. The number of nitrogen functional groups attached to an aromatic ring is 1. The minimum Gasteiger partial charge on any atom is -0.375 e. The van der Waals surface area contributed by atoms with Crippen LogP contribution in [0.25, 0.3) is 20.9 Å². The Morgan fingerprint density at radius 1 is 1.12 bits per heavy atom. The van der Waals surface area contributed by atoms with Gasteiger partial charge in [-0.2, -0.15) is 0 Å². The molecule has 3 aromatic heterocycles. The van der Waals surface area contributed by atoms with Gasteiger partial charge in [-0.25, -0.2) is 4.98 Å². The van der Waals surface area contributed by atoms with Crippen LogP contribution in [-0.2, 0) is 17.6 Å². The molecule has 0 saturated heterocycles. The van der Waals surface area contributed by atoms with E-state index in [1.54, 1.807) is 6.20 Å². The minimum absolute atomic E-state index is 0.0985. The summed E-state index contributed by atoms with van der Waals surface area (Å²) in [5.41, 5.74) is 9.41. The molecule has 1 aromatic carbocycles. The van der Waals surface area contributed by atoms with E-state index in [9.17, 15) is 4.79 Å². The van der Waals surface area contributed by atoms with E-state index in [4.69, 9.17) is 5.73 Å². The number of benzene rings is 1. The Hall–Kier alpha value is -2.71. The van der Waals surface area contributed by atoms with Gasteiger partial charge in [0, 0.05) is 12.6 Å². The lowest BCUT2D eigenvalue weighted by Crippen LogP contribution is -2.06. The zero-order valence-electron chi connectivity index (χ0n) is 14.0. The largest absolute Gasteiger partial charge is 0.375 e. The van der Waals surface area contributed by atoms with E-state index in [0.717, 1.165) is 32.0 Å². The number of Topliss-reactive ketones (excluding diaryl/α,β-unsaturated/α-hetero) is 1. The van der Waals surface area contributed by atoms with Gasteiger partial charge in [-0.3, -0.25) is 9.78 Å². The van der Waals surface area contributed by atoms with Gasteiger partial charge in [-0.05, 0) is 36.2 Å². The molecular weight excluding hydrogens is 366 g/mol. The van der Waals surface area contributed by atoms with Crippen molar-refractivity contribution >= 4 is 43.8 Å². The molecule has 6 nitrogen and oxygen atoms in total. The number of hydrogen-bond acceptors (Lipinski definition) is 8. The van der Waals surface area contributed by atoms with Crippen LogP contribution in [-0.4, -0.2) is 25.9 Å². The highest BCUT2D eigenvalue weighted by Crippen LogP contribution is 2.25. The van der Waals surface area contributed by atoms with E-state index in [1.165, 1.54) is 22.7 Å². The summed E-state index contributed by atoms with van der Waals surface area (Å²) in [4.78, 5) is 21.0. The standard InChI is InChI=1S/C18H15N5OS2/c1-10-2-4-14(20-9-10)17-23-22-16(26-17)8-12(24)6-11-3-5-13-15(7-11)25-18(19)21-13/h2-5,7,9H,6,8H2,1H3,(H2,19,21). The van der Waals surface area contributed by atoms with Crippen LogP contribution >= 0.6 is 22.7 Å². The minimum atomic E-state index is 0.0985. The summed E-state index contributed by atoms with van der Waals surface area (Å²) in [7, 11) is 0. The maximum Gasteiger partial charge on any atom is 0.181 e. The van der Waals surface area contributed by atoms with Crippen LogP contribution in [0.3, 0.4) is 0 Å². The van der Waals surface area contributed by atoms with Gasteiger partial charge < -0.3 is 5.73 Å². The van der Waals surface area contributed by atoms with E-state index in [-0.39, 0.29) is 12.2 Å². The normalized spacial score (nSPS) is 11.1. The highest BCUT2D eigenvalue weighted by atomic mass is 32.1. The number of nitrogens with two attached hydrogens (primary N) is 1. The summed E-state index contributed by atoms with van der Waals surface area (Å²) < 4.78 is 0.997. The van der Waals surface area contributed by atoms with Crippen molar-refractivity contribution in [1.82, 2.24) is 20.2 Å². The summed E-state index contributed by atoms with van der Waals surface area (Å²) in [6, 6.07) is 9.69. The number of thiazole rings is 1. The first-order chi connectivity index (χ1) is 12.6. The quantitative estimate of drug-likeness (QED) is 0.569. The van der Waals surface area contributed by atoms with Crippen LogP contribution in [0.5, 0.6) is 0 Å². The van der Waals surface area contributed by atoms with Gasteiger partial charge in [0.15, 0.2) is 10.1 Å². The van der Waals surface area contributed by atoms with Crippen molar-refractivity contribution in [1.29, 1.82) is 0 Å². The van der Waals surface area contributed by atoms with E-state index >= 15 is 0 Å². The number of ketones is 1. The maximum absolute atomic E-state index is 12.4. The van der Waals surface area contributed by atoms with Crippen molar-refractivity contribution in [2.45, 2.75) is 19.8 Å². The van der Waals surface area contributed by atoms with Gasteiger partial charge >= 0.3 is 0 Å². The molecule has 0 radical (unpaired) electrons. The van der Waals surface area contributed by atoms with Crippen molar-refractivity contribution in [3.63, 3.8) is 0 Å². The van der Waals surface area contributed by atoms with E-state index in [2.05, 4.69) is 20.2 Å². The Balaban J connectivity index is 1.45. The van der Waals surface area contributed by atoms with E-state index in [0.29, 0.717) is 16.6 Å². The molecule has 0 unspecified atom stereocenters. The molecule has 0 aliphatic rings. The van der Waals surface area contributed by atoms with Crippen molar-refractivity contribution in [2.24, 2.45) is 0 Å². The number of rotatable bonds is 5. The number of aromatic nitrogens is 4. The molecule has 0 saturated carbocycles. The van der Waals surface area contributed by atoms with Crippen LogP contribution in [0.15, 0.2) is 36.5 Å². The average molecular weight is 381 g/mol. The van der Waals surface area contributed by atoms with Crippen molar-refractivity contribution in [3.05, 3.63) is 52.7 Å². The third kappa shape index (κ3) is 3.61. The third-order valence-electron chi connectivity index (χ3n) is 3.82. The number of fused-ring (bicyclic) bond motifs is 1. The predicted molar refractivity (Wildman–Crippen MR) is 104 cm³/mol. The van der Waals surface area contributed by atoms with Gasteiger partial charge in [-0.15, -0.1) is 10.2 Å². The summed E-state index contributed by atoms with van der Waals surface area (Å²) >= 11 is 2.83. The Bertz CT molecular complexity index is 1080. The lowest BCUT2D eigenvalue weighted by molar-refractivity contribution is -0.117. The molecule has 0 bridgehead atoms. The molecule has 2 N–H and O–H groups in total. The molecule has 0 aliphatic heterocycles. The van der Waals surface area contributed by atoms with Crippen LogP contribution in [0.1, 0.15) is 16.1 Å². The number of carbonyl (C=O) groups excluding carboxylic acids is 1. The topological polar surface area (TPSA) is 94.7 Å². The summed E-state index contributed by atoms with van der Waals surface area (Å²) in [5, 5.41) is 10.3. The van der Waals surface area contributed by atoms with Crippen molar-refractivity contribution < 1.29 is 4.79 Å². The average Bonchev–Trinajstić information content (AvgIpc) is 3.20. The molecule has 3 heterocycles. The van der Waals surface area contributed by atoms with Crippen molar-refractivity contribution in [2.75, 3.05) is 5.73 Å². The number of nitrogens with zero attached hydrogens (tertiary/aromatic N) is 4. The zero-order valence-corrected chi connectivity index (χ0v) is 15.6. The van der Waals surface area contributed by atoms with Crippen LogP contribution < -0.4 is 5.73 Å². The fraction of sp³-hybridized carbons (Fsp3) is 0.167. The van der Waals surface area contributed by atoms with E-state index in [1.807, 2.05) is 37.3 Å². The molecule has 8 heteroatoms. The van der Waals surface area contributed by atoms with Gasteiger partial charge in [0.05, 0.1) is 16.6 Å². The molecule has 26 heavy (non-hydrogen) atoms. The number of hydrogen-bond donors (Lipinski definition) is 1. The Morgan fingerprint density at radius 2 is 2.00 bits per heavy atom. The van der Waals surface area contributed by atoms with Crippen LogP contribution in [0.4, 0.5) is 5.13 Å². The molecule has 0 fully saturated rings. The first-order valence-electron chi connectivity index (χ1n) is 7.99. The van der Waals surface area contributed by atoms with Gasteiger partial charge in [0.2, 0.25) is 0 Å². The molecular formula is C18H15N5OS2. The van der Waals surface area contributed by atoms with E-state index < -0.39 is 0 Å².